The van der Waals surface area contributed by atoms with Crippen LogP contribution in [0.5, 0.6) is 0 Å². The van der Waals surface area contributed by atoms with Crippen molar-refractivity contribution in [1.29, 1.82) is 0 Å². The quantitative estimate of drug-likeness (QED) is 0.134. The van der Waals surface area contributed by atoms with Gasteiger partial charge < -0.3 is 14.9 Å². The summed E-state index contributed by atoms with van der Waals surface area (Å²) in [6.07, 6.45) is 21.4. The molecule has 2 N–H and O–H groups in total. The fourth-order valence-corrected chi connectivity index (χ4v) is 4.84. The summed E-state index contributed by atoms with van der Waals surface area (Å²) in [5, 5.41) is 19.8. The van der Waals surface area contributed by atoms with E-state index in [9.17, 15) is 19.8 Å². The van der Waals surface area contributed by atoms with Crippen LogP contribution in [0, 0.1) is 11.8 Å². The molecule has 2 aromatic carbocycles. The zero-order valence-electron chi connectivity index (χ0n) is 23.2. The van der Waals surface area contributed by atoms with Crippen LogP contribution in [0.4, 0.5) is 0 Å². The van der Waals surface area contributed by atoms with Crippen molar-refractivity contribution in [3.8, 4) is 11.8 Å². The fraction of sp³-hybridized carbons (Fsp3) is 0.576. The smallest absolute Gasteiger partial charge is 0.336 e. The second-order valence-electron chi connectivity index (χ2n) is 10.2. The Hall–Kier alpha value is -2.84. The number of carboxylic acid groups (broad SMARTS) is 2. The van der Waals surface area contributed by atoms with E-state index >= 15 is 0 Å². The van der Waals surface area contributed by atoms with E-state index < -0.39 is 11.9 Å². The SMILES string of the molecule is CCCCCCCCCCCCCCCCCCOCC#Cc1cc(C(=O)O)c2cccc(C(=O)O)c2c1. The Morgan fingerprint density at radius 3 is 1.74 bits per heavy atom. The molecule has 0 aliphatic heterocycles. The summed E-state index contributed by atoms with van der Waals surface area (Å²) in [7, 11) is 0. The number of benzene rings is 2. The lowest BCUT2D eigenvalue weighted by atomic mass is 9.97. The third-order valence-electron chi connectivity index (χ3n) is 7.01. The van der Waals surface area contributed by atoms with Crippen LogP contribution in [0.25, 0.3) is 10.8 Å². The number of carboxylic acids is 2. The van der Waals surface area contributed by atoms with Crippen LogP contribution in [-0.2, 0) is 4.74 Å². The number of hydrogen-bond acceptors (Lipinski definition) is 3. The zero-order valence-corrected chi connectivity index (χ0v) is 23.2. The number of rotatable bonds is 20. The molecule has 0 atom stereocenters. The molecule has 0 saturated heterocycles. The predicted octanol–water partition coefficient (Wildman–Crippen LogP) is 8.87. The first-order valence-corrected chi connectivity index (χ1v) is 14.6. The Kier molecular flexibility index (Phi) is 15.9. The molecule has 0 aliphatic rings. The maximum atomic E-state index is 11.7. The molecule has 5 nitrogen and oxygen atoms in total. The summed E-state index contributed by atoms with van der Waals surface area (Å²) in [6.45, 7) is 3.19. The average Bonchev–Trinajstić information content (AvgIpc) is 2.91. The Morgan fingerprint density at radius 2 is 1.21 bits per heavy atom. The monoisotopic (exact) mass is 522 g/mol. The first-order chi connectivity index (χ1) is 18.5. The average molecular weight is 523 g/mol. The number of unbranched alkanes of at least 4 members (excludes halogenated alkanes) is 15. The van der Waals surface area contributed by atoms with E-state index in [1.165, 1.54) is 102 Å². The highest BCUT2D eigenvalue weighted by molar-refractivity contribution is 6.11. The molecule has 2 aromatic rings. The van der Waals surface area contributed by atoms with Crippen molar-refractivity contribution in [2.24, 2.45) is 0 Å². The predicted molar refractivity (Wildman–Crippen MR) is 155 cm³/mol. The summed E-state index contributed by atoms with van der Waals surface area (Å²) in [6, 6.07) is 7.75. The van der Waals surface area contributed by atoms with Crippen LogP contribution in [0.3, 0.4) is 0 Å². The third kappa shape index (κ3) is 12.1. The van der Waals surface area contributed by atoms with Crippen molar-refractivity contribution >= 4 is 22.7 Å². The molecule has 0 aromatic heterocycles. The minimum atomic E-state index is -1.11. The van der Waals surface area contributed by atoms with Crippen LogP contribution in [-0.4, -0.2) is 35.4 Å². The van der Waals surface area contributed by atoms with Crippen molar-refractivity contribution in [3.63, 3.8) is 0 Å². The first kappa shape index (κ1) is 31.4. The topological polar surface area (TPSA) is 83.8 Å². The third-order valence-corrected chi connectivity index (χ3v) is 7.01. The van der Waals surface area contributed by atoms with Gasteiger partial charge in [0.1, 0.15) is 6.61 Å². The fourth-order valence-electron chi connectivity index (χ4n) is 4.84. The van der Waals surface area contributed by atoms with Crippen molar-refractivity contribution in [2.75, 3.05) is 13.2 Å². The van der Waals surface area contributed by atoms with E-state index in [0.717, 1.165) is 12.8 Å². The van der Waals surface area contributed by atoms with Gasteiger partial charge in [-0.25, -0.2) is 9.59 Å². The number of carbonyl (C=O) groups is 2. The van der Waals surface area contributed by atoms with Crippen molar-refractivity contribution in [3.05, 3.63) is 47.0 Å². The highest BCUT2D eigenvalue weighted by Crippen LogP contribution is 2.25. The first-order valence-electron chi connectivity index (χ1n) is 14.6. The number of ether oxygens (including phenoxy) is 1. The van der Waals surface area contributed by atoms with Crippen LogP contribution in [0.1, 0.15) is 136 Å². The zero-order chi connectivity index (χ0) is 27.4. The Bertz CT molecular complexity index is 1050. The number of hydrogen-bond donors (Lipinski definition) is 2. The molecule has 0 unspecified atom stereocenters. The molecule has 0 fully saturated rings. The van der Waals surface area contributed by atoms with Crippen molar-refractivity contribution in [1.82, 2.24) is 0 Å². The van der Waals surface area contributed by atoms with Gasteiger partial charge in [-0.2, -0.15) is 0 Å². The lowest BCUT2D eigenvalue weighted by Crippen LogP contribution is -2.03. The van der Waals surface area contributed by atoms with Gasteiger partial charge in [-0.3, -0.25) is 0 Å². The highest BCUT2D eigenvalue weighted by atomic mass is 16.5. The summed E-state index contributed by atoms with van der Waals surface area (Å²) in [5.41, 5.74) is 0.576. The molecule has 0 radical (unpaired) electrons. The molecular formula is C33H46O5. The minimum absolute atomic E-state index is 0.0454. The van der Waals surface area contributed by atoms with Crippen LogP contribution < -0.4 is 0 Å². The molecule has 2 rings (SSSR count). The maximum Gasteiger partial charge on any atom is 0.336 e. The molecule has 38 heavy (non-hydrogen) atoms. The molecule has 0 amide bonds. The van der Waals surface area contributed by atoms with E-state index in [1.54, 1.807) is 18.2 Å². The Balaban J connectivity index is 1.55. The van der Waals surface area contributed by atoms with Gasteiger partial charge in [0.05, 0.1) is 11.1 Å². The molecule has 0 aliphatic carbocycles. The van der Waals surface area contributed by atoms with Crippen LogP contribution in [0.2, 0.25) is 0 Å². The van der Waals surface area contributed by atoms with E-state index in [2.05, 4.69) is 18.8 Å². The molecular weight excluding hydrogens is 476 g/mol. The standard InChI is InChI=1S/C33H46O5/c1-2-3-4-5-6-7-8-9-10-11-12-13-14-15-16-17-23-38-24-19-20-27-25-30-28(31(26-27)33(36)37)21-18-22-29(30)32(34)35/h18,21-22,25-26H,2-17,23-24H2,1H3,(H,34,35)(H,36,37). The van der Waals surface area contributed by atoms with Crippen molar-refractivity contribution < 1.29 is 24.5 Å². The minimum Gasteiger partial charge on any atom is -0.478 e. The molecule has 0 saturated carbocycles. The van der Waals surface area contributed by atoms with Gasteiger partial charge in [-0.05, 0) is 35.4 Å². The maximum absolute atomic E-state index is 11.7. The molecule has 0 bridgehead atoms. The number of aromatic carboxylic acids is 2. The summed E-state index contributed by atoms with van der Waals surface area (Å²) >= 11 is 0. The van der Waals surface area contributed by atoms with Gasteiger partial charge in [-0.1, -0.05) is 127 Å². The van der Waals surface area contributed by atoms with Crippen molar-refractivity contribution in [2.45, 2.75) is 110 Å². The van der Waals surface area contributed by atoms with Gasteiger partial charge in [0, 0.05) is 12.2 Å². The molecule has 5 heteroatoms. The van der Waals surface area contributed by atoms with Gasteiger partial charge in [-0.15, -0.1) is 0 Å². The van der Waals surface area contributed by atoms with Crippen LogP contribution >= 0.6 is 0 Å². The lowest BCUT2D eigenvalue weighted by Gasteiger charge is -2.07. The van der Waals surface area contributed by atoms with Gasteiger partial charge >= 0.3 is 11.9 Å². The van der Waals surface area contributed by atoms with Gasteiger partial charge in [0.15, 0.2) is 0 Å². The Labute approximate surface area is 229 Å². The molecule has 0 heterocycles. The largest absolute Gasteiger partial charge is 0.478 e. The van der Waals surface area contributed by atoms with E-state index in [-0.39, 0.29) is 17.7 Å². The van der Waals surface area contributed by atoms with E-state index in [4.69, 9.17) is 4.74 Å². The van der Waals surface area contributed by atoms with Gasteiger partial charge in [0.2, 0.25) is 0 Å². The summed E-state index contributed by atoms with van der Waals surface area (Å²) in [4.78, 5) is 23.2. The number of fused-ring (bicyclic) bond motifs is 1. The summed E-state index contributed by atoms with van der Waals surface area (Å²) in [5.74, 6) is 3.64. The summed E-state index contributed by atoms with van der Waals surface area (Å²) < 4.78 is 5.62. The lowest BCUT2D eigenvalue weighted by molar-refractivity contribution is 0.0686. The van der Waals surface area contributed by atoms with Crippen LogP contribution in [0.15, 0.2) is 30.3 Å². The second-order valence-corrected chi connectivity index (χ2v) is 10.2. The second kappa shape index (κ2) is 19.3. The van der Waals surface area contributed by atoms with Gasteiger partial charge in [0.25, 0.3) is 0 Å². The molecule has 0 spiro atoms. The highest BCUT2D eigenvalue weighted by Gasteiger charge is 2.15. The Morgan fingerprint density at radius 1 is 0.684 bits per heavy atom. The molecule has 208 valence electrons. The van der Waals surface area contributed by atoms with E-state index in [0.29, 0.717) is 22.9 Å². The normalized spacial score (nSPS) is 10.9. The van der Waals surface area contributed by atoms with E-state index in [1.807, 2.05) is 0 Å².